The summed E-state index contributed by atoms with van der Waals surface area (Å²) in [6.45, 7) is 9.06. The van der Waals surface area contributed by atoms with Crippen LogP contribution in [0.1, 0.15) is 32.8 Å². The summed E-state index contributed by atoms with van der Waals surface area (Å²) in [6.07, 6.45) is 6.91. The zero-order valence-corrected chi connectivity index (χ0v) is 20.2. The lowest BCUT2D eigenvalue weighted by atomic mass is 10.2. The van der Waals surface area contributed by atoms with Crippen LogP contribution in [0.3, 0.4) is 0 Å². The Morgan fingerprint density at radius 2 is 1.78 bits per heavy atom. The first kappa shape index (κ1) is 22.6. The lowest BCUT2D eigenvalue weighted by Gasteiger charge is -2.31. The molecule has 0 N–H and O–H groups in total. The highest BCUT2D eigenvalue weighted by atomic mass is 28.4. The molecule has 4 rings (SSSR count). The van der Waals surface area contributed by atoms with Crippen LogP contribution in [-0.2, 0) is 11.0 Å². The van der Waals surface area contributed by atoms with E-state index in [1.54, 1.807) is 16.8 Å². The molecule has 0 saturated carbocycles. The third kappa shape index (κ3) is 4.91. The number of benzene rings is 1. The molecule has 0 unspecified atom stereocenters. The van der Waals surface area contributed by atoms with Gasteiger partial charge in [0.25, 0.3) is 0 Å². The molecule has 0 amide bonds. The lowest BCUT2D eigenvalue weighted by molar-refractivity contribution is 0.209. The van der Waals surface area contributed by atoms with Crippen LogP contribution in [0, 0.1) is 5.82 Å². The van der Waals surface area contributed by atoms with Gasteiger partial charge in [-0.3, -0.25) is 4.68 Å². The molecule has 1 aromatic carbocycles. The van der Waals surface area contributed by atoms with Gasteiger partial charge < -0.3 is 9.33 Å². The molecular weight excluding hydrogens is 421 g/mol. The number of halogens is 1. The largest absolute Gasteiger partial charge is 0.412 e. The van der Waals surface area contributed by atoms with Crippen molar-refractivity contribution >= 4 is 14.0 Å². The van der Waals surface area contributed by atoms with E-state index < -0.39 is 8.32 Å². The molecule has 0 aliphatic carbocycles. The maximum absolute atomic E-state index is 13.9. The Kier molecular flexibility index (Phi) is 7.00. The van der Waals surface area contributed by atoms with Crippen LogP contribution in [0.4, 0.5) is 10.1 Å². The third-order valence-electron chi connectivity index (χ3n) is 6.66. The molecule has 8 heteroatoms. The second kappa shape index (κ2) is 9.91. The van der Waals surface area contributed by atoms with E-state index in [1.807, 2.05) is 30.7 Å². The summed E-state index contributed by atoms with van der Waals surface area (Å²) < 4.78 is 22.3. The van der Waals surface area contributed by atoms with Gasteiger partial charge >= 0.3 is 0 Å². The van der Waals surface area contributed by atoms with Gasteiger partial charge in [-0.1, -0.05) is 39.0 Å². The van der Waals surface area contributed by atoms with Gasteiger partial charge in [0.1, 0.15) is 11.5 Å². The Morgan fingerprint density at radius 1 is 1.06 bits per heavy atom. The van der Waals surface area contributed by atoms with Crippen molar-refractivity contribution in [1.29, 1.82) is 0 Å². The minimum absolute atomic E-state index is 0.227. The standard InChI is InChI=1S/C24H32FN5OSi/c1-4-32(5-2,6-3)31-21-11-13-29(18-21)20-15-26-24(27-16-20)23-12-14-30(28-23)17-19-9-7-8-10-22(19)25/h7-10,12,14-16,21H,4-6,11,13,17-18H2,1-3H3/t21-/m1/s1. The van der Waals surface area contributed by atoms with Crippen molar-refractivity contribution in [1.82, 2.24) is 19.7 Å². The van der Waals surface area contributed by atoms with Gasteiger partial charge in [-0.25, -0.2) is 14.4 Å². The molecule has 0 radical (unpaired) electrons. The van der Waals surface area contributed by atoms with Crippen LogP contribution in [0.25, 0.3) is 11.5 Å². The molecule has 1 aliphatic rings. The maximum Gasteiger partial charge on any atom is 0.192 e. The van der Waals surface area contributed by atoms with Crippen molar-refractivity contribution in [2.45, 2.75) is 58.0 Å². The van der Waals surface area contributed by atoms with Crippen molar-refractivity contribution in [3.05, 3.63) is 60.3 Å². The molecule has 1 fully saturated rings. The van der Waals surface area contributed by atoms with E-state index in [4.69, 9.17) is 4.43 Å². The van der Waals surface area contributed by atoms with Crippen LogP contribution < -0.4 is 4.90 Å². The summed E-state index contributed by atoms with van der Waals surface area (Å²) in [4.78, 5) is 11.4. The highest BCUT2D eigenvalue weighted by Gasteiger charge is 2.35. The average molecular weight is 454 g/mol. The van der Waals surface area contributed by atoms with Crippen LogP contribution in [-0.4, -0.2) is 47.3 Å². The van der Waals surface area contributed by atoms with Crippen molar-refractivity contribution < 1.29 is 8.82 Å². The average Bonchev–Trinajstić information content (AvgIpc) is 3.49. The van der Waals surface area contributed by atoms with E-state index in [0.29, 0.717) is 29.7 Å². The van der Waals surface area contributed by atoms with Gasteiger partial charge in [-0.15, -0.1) is 0 Å². The number of hydrogen-bond acceptors (Lipinski definition) is 5. The van der Waals surface area contributed by atoms with Gasteiger partial charge in [-0.05, 0) is 36.7 Å². The third-order valence-corrected chi connectivity index (χ3v) is 11.4. The van der Waals surface area contributed by atoms with Gasteiger partial charge in [0.05, 0.1) is 30.7 Å². The number of aromatic nitrogens is 4. The molecule has 3 heterocycles. The SMILES string of the molecule is CC[Si](CC)(CC)O[C@@H]1CCN(c2cnc(-c3ccn(Cc4ccccc4F)n3)nc2)C1. The van der Waals surface area contributed by atoms with E-state index in [1.165, 1.54) is 24.2 Å². The fourth-order valence-electron chi connectivity index (χ4n) is 4.40. The van der Waals surface area contributed by atoms with Crippen molar-refractivity contribution in [2.24, 2.45) is 0 Å². The van der Waals surface area contributed by atoms with Crippen LogP contribution in [0.15, 0.2) is 48.9 Å². The highest BCUT2D eigenvalue weighted by Crippen LogP contribution is 2.28. The molecule has 170 valence electrons. The minimum atomic E-state index is -1.59. The summed E-state index contributed by atoms with van der Waals surface area (Å²) in [5.41, 5.74) is 2.30. The van der Waals surface area contributed by atoms with Gasteiger partial charge in [-0.2, -0.15) is 5.10 Å². The highest BCUT2D eigenvalue weighted by molar-refractivity contribution is 6.73. The predicted molar refractivity (Wildman–Crippen MR) is 128 cm³/mol. The predicted octanol–water partition coefficient (Wildman–Crippen LogP) is 5.13. The monoisotopic (exact) mass is 453 g/mol. The summed E-state index contributed by atoms with van der Waals surface area (Å²) in [5, 5.41) is 4.52. The van der Waals surface area contributed by atoms with Crippen molar-refractivity contribution in [3.63, 3.8) is 0 Å². The first-order valence-corrected chi connectivity index (χ1v) is 14.1. The first-order chi connectivity index (χ1) is 15.6. The Hall–Kier alpha value is -2.58. The summed E-state index contributed by atoms with van der Waals surface area (Å²) in [5.74, 6) is 0.345. The van der Waals surface area contributed by atoms with Gasteiger partial charge in [0.2, 0.25) is 0 Å². The van der Waals surface area contributed by atoms with Gasteiger partial charge in [0, 0.05) is 24.8 Å². The van der Waals surface area contributed by atoms with Crippen LogP contribution in [0.2, 0.25) is 18.1 Å². The number of nitrogens with zero attached hydrogens (tertiary/aromatic N) is 5. The second-order valence-electron chi connectivity index (χ2n) is 8.47. The molecule has 3 aromatic rings. The maximum atomic E-state index is 13.9. The van der Waals surface area contributed by atoms with E-state index in [-0.39, 0.29) is 5.82 Å². The molecule has 0 spiro atoms. The van der Waals surface area contributed by atoms with Crippen molar-refractivity contribution in [3.8, 4) is 11.5 Å². The molecule has 6 nitrogen and oxygen atoms in total. The Balaban J connectivity index is 1.39. The Morgan fingerprint density at radius 3 is 2.47 bits per heavy atom. The van der Waals surface area contributed by atoms with E-state index in [0.717, 1.165) is 25.2 Å². The van der Waals surface area contributed by atoms with E-state index in [9.17, 15) is 4.39 Å². The quantitative estimate of drug-likeness (QED) is 0.421. The van der Waals surface area contributed by atoms with Crippen molar-refractivity contribution in [2.75, 3.05) is 18.0 Å². The smallest absolute Gasteiger partial charge is 0.192 e. The molecular formula is C24H32FN5OSi. The van der Waals surface area contributed by atoms with Crippen LogP contribution in [0.5, 0.6) is 0 Å². The molecule has 2 aromatic heterocycles. The fourth-order valence-corrected chi connectivity index (χ4v) is 7.30. The zero-order chi connectivity index (χ0) is 22.6. The van der Waals surface area contributed by atoms with Crippen LogP contribution >= 0.6 is 0 Å². The van der Waals surface area contributed by atoms with E-state index >= 15 is 0 Å². The Bertz CT molecular complexity index is 1010. The van der Waals surface area contributed by atoms with Gasteiger partial charge in [0.15, 0.2) is 14.1 Å². The number of anilines is 1. The fraction of sp³-hybridized carbons (Fsp3) is 0.458. The second-order valence-corrected chi connectivity index (χ2v) is 13.2. The number of rotatable bonds is 9. The minimum Gasteiger partial charge on any atom is -0.412 e. The first-order valence-electron chi connectivity index (χ1n) is 11.6. The molecule has 1 aliphatic heterocycles. The summed E-state index contributed by atoms with van der Waals surface area (Å²) in [7, 11) is -1.59. The summed E-state index contributed by atoms with van der Waals surface area (Å²) in [6, 6.07) is 12.1. The molecule has 1 atom stereocenters. The topological polar surface area (TPSA) is 56.1 Å². The number of hydrogen-bond donors (Lipinski definition) is 0. The molecule has 1 saturated heterocycles. The molecule has 32 heavy (non-hydrogen) atoms. The Labute approximate surface area is 190 Å². The lowest BCUT2D eigenvalue weighted by Crippen LogP contribution is -2.40. The summed E-state index contributed by atoms with van der Waals surface area (Å²) >= 11 is 0. The normalized spacial score (nSPS) is 16.6. The van der Waals surface area contributed by atoms with E-state index in [2.05, 4.69) is 40.7 Å². The zero-order valence-electron chi connectivity index (χ0n) is 19.2. The molecule has 0 bridgehead atoms.